The van der Waals surface area contributed by atoms with Gasteiger partial charge >= 0.3 is 0 Å². The van der Waals surface area contributed by atoms with E-state index < -0.39 is 0 Å². The molecule has 0 spiro atoms. The molecule has 0 aliphatic heterocycles. The number of benzene rings is 2. The molecule has 2 aromatic carbocycles. The number of hydrogen-bond donors (Lipinski definition) is 1. The van der Waals surface area contributed by atoms with Crippen molar-refractivity contribution in [2.24, 2.45) is 0 Å². The van der Waals surface area contributed by atoms with E-state index in [2.05, 4.69) is 32.2 Å². The summed E-state index contributed by atoms with van der Waals surface area (Å²) >= 11 is 0. The molecule has 0 aromatic heterocycles. The number of halogens is 1. The molecule has 0 bridgehead atoms. The molecule has 0 unspecified atom stereocenters. The Kier molecular flexibility index (Phi) is 6.34. The second kappa shape index (κ2) is 8.47. The van der Waals surface area contributed by atoms with Gasteiger partial charge in [-0.1, -0.05) is 51.1 Å². The highest BCUT2D eigenvalue weighted by molar-refractivity contribution is 5.91. The maximum atomic E-state index is 12.8. The van der Waals surface area contributed by atoms with Gasteiger partial charge in [-0.05, 0) is 40.8 Å². The molecular weight excluding hydrogens is 317 g/mol. The molecule has 25 heavy (non-hydrogen) atoms. The predicted octanol–water partition coefficient (Wildman–Crippen LogP) is 4.33. The van der Waals surface area contributed by atoms with Crippen molar-refractivity contribution in [2.45, 2.75) is 26.2 Å². The Morgan fingerprint density at radius 2 is 1.80 bits per heavy atom. The maximum Gasteiger partial charge on any atom is 0.244 e. The maximum absolute atomic E-state index is 12.8. The first-order valence-electron chi connectivity index (χ1n) is 8.30. The van der Waals surface area contributed by atoms with Crippen molar-refractivity contribution < 1.29 is 13.9 Å². The van der Waals surface area contributed by atoms with Crippen molar-refractivity contribution in [3.05, 3.63) is 71.6 Å². The lowest BCUT2D eigenvalue weighted by Crippen LogP contribution is -2.26. The van der Waals surface area contributed by atoms with Gasteiger partial charge in [0, 0.05) is 6.08 Å². The molecule has 2 rings (SSSR count). The Morgan fingerprint density at radius 3 is 2.48 bits per heavy atom. The molecule has 0 fully saturated rings. The van der Waals surface area contributed by atoms with Gasteiger partial charge in [-0.2, -0.15) is 0 Å². The second-order valence-electron chi connectivity index (χ2n) is 6.77. The summed E-state index contributed by atoms with van der Waals surface area (Å²) in [4.78, 5) is 11.8. The zero-order valence-electron chi connectivity index (χ0n) is 14.9. The van der Waals surface area contributed by atoms with Gasteiger partial charge in [0.15, 0.2) is 0 Å². The van der Waals surface area contributed by atoms with E-state index in [-0.39, 0.29) is 17.1 Å². The monoisotopic (exact) mass is 341 g/mol. The van der Waals surface area contributed by atoms with E-state index in [1.54, 1.807) is 18.2 Å². The van der Waals surface area contributed by atoms with Crippen molar-refractivity contribution in [2.75, 3.05) is 13.2 Å². The lowest BCUT2D eigenvalue weighted by molar-refractivity contribution is -0.116. The van der Waals surface area contributed by atoms with Crippen LogP contribution in [0.15, 0.2) is 54.6 Å². The Labute approximate surface area is 148 Å². The van der Waals surface area contributed by atoms with Crippen LogP contribution in [0.1, 0.15) is 31.9 Å². The molecule has 132 valence electrons. The van der Waals surface area contributed by atoms with Gasteiger partial charge in [-0.25, -0.2) is 4.39 Å². The third-order valence-corrected chi connectivity index (χ3v) is 3.65. The van der Waals surface area contributed by atoms with Crippen LogP contribution in [-0.2, 0) is 10.2 Å². The molecule has 0 aliphatic carbocycles. The first-order valence-corrected chi connectivity index (χ1v) is 8.30. The van der Waals surface area contributed by atoms with Crippen LogP contribution in [0.25, 0.3) is 6.08 Å². The zero-order chi connectivity index (χ0) is 18.3. The van der Waals surface area contributed by atoms with E-state index >= 15 is 0 Å². The summed E-state index contributed by atoms with van der Waals surface area (Å²) in [5.41, 5.74) is 1.90. The molecule has 1 N–H and O–H groups in total. The fraction of sp³-hybridized carbons (Fsp3) is 0.286. The highest BCUT2D eigenvalue weighted by Crippen LogP contribution is 2.30. The zero-order valence-corrected chi connectivity index (χ0v) is 14.9. The number of hydrogen-bond acceptors (Lipinski definition) is 2. The van der Waals surface area contributed by atoms with E-state index in [9.17, 15) is 9.18 Å². The Bertz CT molecular complexity index is 730. The number of amides is 1. The molecule has 2 aromatic rings. The number of carbonyl (C=O) groups excluding carboxylic acids is 1. The van der Waals surface area contributed by atoms with Crippen LogP contribution >= 0.6 is 0 Å². The van der Waals surface area contributed by atoms with Crippen molar-refractivity contribution in [1.82, 2.24) is 5.32 Å². The van der Waals surface area contributed by atoms with E-state index in [1.165, 1.54) is 18.2 Å². The SMILES string of the molecule is CC(C)(C)c1ccccc1OCCNC(=O)/C=C/c1ccc(F)cc1. The number of rotatable bonds is 6. The summed E-state index contributed by atoms with van der Waals surface area (Å²) < 4.78 is 18.6. The molecule has 0 atom stereocenters. The normalized spacial score (nSPS) is 11.5. The third kappa shape index (κ3) is 6.07. The molecule has 0 radical (unpaired) electrons. The van der Waals surface area contributed by atoms with E-state index in [0.717, 1.165) is 16.9 Å². The standard InChI is InChI=1S/C21H24FNO2/c1-21(2,3)18-6-4-5-7-19(18)25-15-14-23-20(24)13-10-16-8-11-17(22)12-9-16/h4-13H,14-15H2,1-3H3,(H,23,24)/b13-10+. The van der Waals surface area contributed by atoms with Crippen LogP contribution in [0.3, 0.4) is 0 Å². The van der Waals surface area contributed by atoms with Crippen LogP contribution in [0.2, 0.25) is 0 Å². The fourth-order valence-electron chi connectivity index (χ4n) is 2.35. The lowest BCUT2D eigenvalue weighted by Gasteiger charge is -2.22. The van der Waals surface area contributed by atoms with Crippen LogP contribution in [-0.4, -0.2) is 19.1 Å². The largest absolute Gasteiger partial charge is 0.491 e. The number of carbonyl (C=O) groups is 1. The first-order chi connectivity index (χ1) is 11.9. The van der Waals surface area contributed by atoms with Gasteiger partial charge in [0.25, 0.3) is 0 Å². The van der Waals surface area contributed by atoms with Crippen LogP contribution in [0.5, 0.6) is 5.75 Å². The Hall–Kier alpha value is -2.62. The van der Waals surface area contributed by atoms with Gasteiger partial charge in [0.2, 0.25) is 5.91 Å². The molecule has 0 saturated carbocycles. The Balaban J connectivity index is 1.80. The average molecular weight is 341 g/mol. The summed E-state index contributed by atoms with van der Waals surface area (Å²) in [7, 11) is 0. The molecule has 0 heterocycles. The molecule has 0 aliphatic rings. The predicted molar refractivity (Wildman–Crippen MR) is 99.1 cm³/mol. The van der Waals surface area contributed by atoms with Crippen molar-refractivity contribution in [1.29, 1.82) is 0 Å². The summed E-state index contributed by atoms with van der Waals surface area (Å²) in [5, 5.41) is 2.77. The fourth-order valence-corrected chi connectivity index (χ4v) is 2.35. The average Bonchev–Trinajstić information content (AvgIpc) is 2.58. The molecule has 4 heteroatoms. The quantitative estimate of drug-likeness (QED) is 0.627. The Morgan fingerprint density at radius 1 is 1.12 bits per heavy atom. The molecule has 0 saturated heterocycles. The first kappa shape index (κ1) is 18.7. The number of para-hydroxylation sites is 1. The lowest BCUT2D eigenvalue weighted by atomic mass is 9.86. The van der Waals surface area contributed by atoms with E-state index in [4.69, 9.17) is 4.74 Å². The summed E-state index contributed by atoms with van der Waals surface area (Å²) in [6, 6.07) is 13.9. The third-order valence-electron chi connectivity index (χ3n) is 3.65. The molecule has 3 nitrogen and oxygen atoms in total. The minimum absolute atomic E-state index is 0.00225. The second-order valence-corrected chi connectivity index (χ2v) is 6.77. The van der Waals surface area contributed by atoms with Gasteiger partial charge in [0.1, 0.15) is 18.2 Å². The van der Waals surface area contributed by atoms with Crippen molar-refractivity contribution in [3.63, 3.8) is 0 Å². The van der Waals surface area contributed by atoms with Gasteiger partial charge < -0.3 is 10.1 Å². The highest BCUT2D eigenvalue weighted by Gasteiger charge is 2.18. The topological polar surface area (TPSA) is 38.3 Å². The van der Waals surface area contributed by atoms with Crippen LogP contribution in [0, 0.1) is 5.82 Å². The minimum Gasteiger partial charge on any atom is -0.491 e. The number of nitrogens with one attached hydrogen (secondary N) is 1. The van der Waals surface area contributed by atoms with E-state index in [0.29, 0.717) is 13.2 Å². The smallest absolute Gasteiger partial charge is 0.244 e. The van der Waals surface area contributed by atoms with Gasteiger partial charge in [-0.15, -0.1) is 0 Å². The van der Waals surface area contributed by atoms with E-state index in [1.807, 2.05) is 18.2 Å². The minimum atomic E-state index is -0.297. The van der Waals surface area contributed by atoms with Crippen molar-refractivity contribution in [3.8, 4) is 5.75 Å². The summed E-state index contributed by atoms with van der Waals surface area (Å²) in [6.45, 7) is 7.21. The van der Waals surface area contributed by atoms with Crippen molar-refractivity contribution >= 4 is 12.0 Å². The highest BCUT2D eigenvalue weighted by atomic mass is 19.1. The molecular formula is C21H24FNO2. The summed E-state index contributed by atoms with van der Waals surface area (Å²) in [6.07, 6.45) is 3.07. The van der Waals surface area contributed by atoms with Gasteiger partial charge in [0.05, 0.1) is 6.54 Å². The van der Waals surface area contributed by atoms with Crippen LogP contribution in [0.4, 0.5) is 4.39 Å². The van der Waals surface area contributed by atoms with Gasteiger partial charge in [-0.3, -0.25) is 4.79 Å². The number of ether oxygens (including phenoxy) is 1. The molecule has 1 amide bonds. The summed E-state index contributed by atoms with van der Waals surface area (Å²) in [5.74, 6) is 0.331. The van der Waals surface area contributed by atoms with Crippen LogP contribution < -0.4 is 10.1 Å².